The summed E-state index contributed by atoms with van der Waals surface area (Å²) in [6.07, 6.45) is 3.81. The van der Waals surface area contributed by atoms with Crippen molar-refractivity contribution in [3.8, 4) is 5.69 Å². The summed E-state index contributed by atoms with van der Waals surface area (Å²) < 4.78 is 1.86. The van der Waals surface area contributed by atoms with Gasteiger partial charge in [0.2, 0.25) is 0 Å². The minimum absolute atomic E-state index is 0.192. The molecule has 1 aliphatic rings. The number of carbonyl (C=O) groups is 1. The van der Waals surface area contributed by atoms with Crippen LogP contribution in [-0.2, 0) is 6.42 Å². The third-order valence-electron chi connectivity index (χ3n) is 4.15. The van der Waals surface area contributed by atoms with Crippen LogP contribution in [0.25, 0.3) is 16.6 Å². The molecule has 6 heteroatoms. The first-order chi connectivity index (χ1) is 10.6. The largest absolute Gasteiger partial charge is 0.383 e. The van der Waals surface area contributed by atoms with Gasteiger partial charge in [-0.3, -0.25) is 4.79 Å². The molecule has 0 radical (unpaired) electrons. The lowest BCUT2D eigenvalue weighted by Crippen LogP contribution is -2.13. The molecule has 110 valence electrons. The SMILES string of the molecule is Cc1nn(-c2ccc3c(N)ncnc3c2)c2c1C(=O)CCC2. The number of carbonyl (C=O) groups excluding carboxylic acids is 1. The highest BCUT2D eigenvalue weighted by molar-refractivity contribution is 5.99. The zero-order valence-electron chi connectivity index (χ0n) is 12.2. The second-order valence-electron chi connectivity index (χ2n) is 5.56. The zero-order chi connectivity index (χ0) is 15.3. The van der Waals surface area contributed by atoms with E-state index in [9.17, 15) is 4.79 Å². The molecule has 0 aliphatic heterocycles. The standard InChI is InChI=1S/C16H15N5O/c1-9-15-13(3-2-4-14(15)22)21(20-9)10-5-6-11-12(7-10)18-8-19-16(11)17/h5-8H,2-4H2,1H3,(H2,17,18,19). The molecule has 1 aromatic carbocycles. The Bertz CT molecular complexity index is 912. The number of nitrogen functional groups attached to an aromatic ring is 1. The van der Waals surface area contributed by atoms with Crippen LogP contribution < -0.4 is 5.73 Å². The van der Waals surface area contributed by atoms with Gasteiger partial charge in [0.25, 0.3) is 0 Å². The van der Waals surface area contributed by atoms with Gasteiger partial charge in [0.15, 0.2) is 5.78 Å². The van der Waals surface area contributed by atoms with Crippen LogP contribution in [0.4, 0.5) is 5.82 Å². The number of benzene rings is 1. The van der Waals surface area contributed by atoms with Crippen LogP contribution in [0.15, 0.2) is 24.5 Å². The maximum absolute atomic E-state index is 12.1. The molecule has 1 aliphatic carbocycles. The van der Waals surface area contributed by atoms with Crippen molar-refractivity contribution in [1.29, 1.82) is 0 Å². The van der Waals surface area contributed by atoms with Gasteiger partial charge in [-0.25, -0.2) is 14.6 Å². The van der Waals surface area contributed by atoms with Crippen molar-refractivity contribution in [1.82, 2.24) is 19.7 Å². The molecule has 4 rings (SSSR count). The highest BCUT2D eigenvalue weighted by atomic mass is 16.1. The van der Waals surface area contributed by atoms with Crippen molar-refractivity contribution in [2.75, 3.05) is 5.73 Å². The Hall–Kier alpha value is -2.76. The summed E-state index contributed by atoms with van der Waals surface area (Å²) in [6.45, 7) is 1.89. The van der Waals surface area contributed by atoms with E-state index in [-0.39, 0.29) is 5.78 Å². The number of hydrogen-bond acceptors (Lipinski definition) is 5. The summed E-state index contributed by atoms with van der Waals surface area (Å²) in [5.74, 6) is 0.655. The Labute approximate surface area is 127 Å². The van der Waals surface area contributed by atoms with Crippen molar-refractivity contribution in [2.24, 2.45) is 0 Å². The third-order valence-corrected chi connectivity index (χ3v) is 4.15. The van der Waals surface area contributed by atoms with Crippen LogP contribution in [0.1, 0.15) is 34.6 Å². The zero-order valence-corrected chi connectivity index (χ0v) is 12.2. The molecule has 3 aromatic rings. The first-order valence-electron chi connectivity index (χ1n) is 7.27. The van der Waals surface area contributed by atoms with E-state index in [1.807, 2.05) is 29.8 Å². The molecule has 2 N–H and O–H groups in total. The number of Topliss-reactive ketones (excluding diaryl/α,β-unsaturated/α-hetero) is 1. The molecule has 6 nitrogen and oxygen atoms in total. The third kappa shape index (κ3) is 1.80. The molecule has 0 atom stereocenters. The molecule has 0 saturated carbocycles. The molecule has 22 heavy (non-hydrogen) atoms. The number of aryl methyl sites for hydroxylation is 1. The Kier molecular flexibility index (Phi) is 2.72. The monoisotopic (exact) mass is 293 g/mol. The van der Waals surface area contributed by atoms with Crippen molar-refractivity contribution in [3.05, 3.63) is 41.5 Å². The smallest absolute Gasteiger partial charge is 0.166 e. The van der Waals surface area contributed by atoms with Gasteiger partial charge in [-0.05, 0) is 38.0 Å². The molecule has 0 unspecified atom stereocenters. The van der Waals surface area contributed by atoms with Gasteiger partial charge >= 0.3 is 0 Å². The van der Waals surface area contributed by atoms with Crippen LogP contribution in [-0.4, -0.2) is 25.5 Å². The Morgan fingerprint density at radius 1 is 1.23 bits per heavy atom. The molecular weight excluding hydrogens is 278 g/mol. The summed E-state index contributed by atoms with van der Waals surface area (Å²) in [6, 6.07) is 5.76. The first kappa shape index (κ1) is 12.9. The highest BCUT2D eigenvalue weighted by Crippen LogP contribution is 2.28. The number of aromatic nitrogens is 4. The summed E-state index contributed by atoms with van der Waals surface area (Å²) >= 11 is 0. The summed E-state index contributed by atoms with van der Waals surface area (Å²) in [5, 5.41) is 5.38. The van der Waals surface area contributed by atoms with Gasteiger partial charge in [0.05, 0.1) is 28.2 Å². The Morgan fingerprint density at radius 3 is 2.95 bits per heavy atom. The van der Waals surface area contributed by atoms with Crippen LogP contribution in [0.5, 0.6) is 0 Å². The van der Waals surface area contributed by atoms with Gasteiger partial charge in [-0.15, -0.1) is 0 Å². The minimum Gasteiger partial charge on any atom is -0.383 e. The number of ketones is 1. The van der Waals surface area contributed by atoms with Gasteiger partial charge < -0.3 is 5.73 Å². The summed E-state index contributed by atoms with van der Waals surface area (Å²) in [4.78, 5) is 20.4. The topological polar surface area (TPSA) is 86.7 Å². The normalized spacial score (nSPS) is 14.3. The predicted molar refractivity (Wildman–Crippen MR) is 83.1 cm³/mol. The van der Waals surface area contributed by atoms with Crippen LogP contribution >= 0.6 is 0 Å². The van der Waals surface area contributed by atoms with Crippen LogP contribution in [0, 0.1) is 6.92 Å². The fraction of sp³-hybridized carbons (Fsp3) is 0.250. The maximum Gasteiger partial charge on any atom is 0.166 e. The van der Waals surface area contributed by atoms with E-state index in [1.165, 1.54) is 6.33 Å². The molecule has 0 bridgehead atoms. The first-order valence-corrected chi connectivity index (χ1v) is 7.27. The Balaban J connectivity index is 1.93. The summed E-state index contributed by atoms with van der Waals surface area (Å²) in [7, 11) is 0. The molecule has 0 fully saturated rings. The lowest BCUT2D eigenvalue weighted by Gasteiger charge is -2.13. The fourth-order valence-electron chi connectivity index (χ4n) is 3.12. The number of anilines is 1. The number of nitrogens with zero attached hydrogens (tertiary/aromatic N) is 4. The van der Waals surface area contributed by atoms with Crippen molar-refractivity contribution >= 4 is 22.5 Å². The van der Waals surface area contributed by atoms with Crippen molar-refractivity contribution < 1.29 is 4.79 Å². The van der Waals surface area contributed by atoms with Crippen LogP contribution in [0.3, 0.4) is 0 Å². The quantitative estimate of drug-likeness (QED) is 0.743. The molecule has 0 saturated heterocycles. The Morgan fingerprint density at radius 2 is 2.09 bits per heavy atom. The van der Waals surface area contributed by atoms with Crippen molar-refractivity contribution in [3.63, 3.8) is 0 Å². The molecule has 2 aromatic heterocycles. The predicted octanol–water partition coefficient (Wildman–Crippen LogP) is 2.23. The van der Waals surface area contributed by atoms with E-state index in [0.29, 0.717) is 12.2 Å². The van der Waals surface area contributed by atoms with Crippen LogP contribution in [0.2, 0.25) is 0 Å². The van der Waals surface area contributed by atoms with E-state index in [2.05, 4.69) is 15.1 Å². The average Bonchev–Trinajstić information content (AvgIpc) is 2.86. The average molecular weight is 293 g/mol. The minimum atomic E-state index is 0.192. The van der Waals surface area contributed by atoms with Gasteiger partial charge in [-0.1, -0.05) is 0 Å². The molecule has 0 amide bonds. The number of fused-ring (bicyclic) bond motifs is 2. The van der Waals surface area contributed by atoms with E-state index < -0.39 is 0 Å². The van der Waals surface area contributed by atoms with Crippen molar-refractivity contribution in [2.45, 2.75) is 26.2 Å². The molecular formula is C16H15N5O. The van der Waals surface area contributed by atoms with E-state index in [1.54, 1.807) is 0 Å². The molecule has 0 spiro atoms. The lowest BCUT2D eigenvalue weighted by atomic mass is 9.94. The van der Waals surface area contributed by atoms with Gasteiger partial charge in [-0.2, -0.15) is 5.10 Å². The van der Waals surface area contributed by atoms with Gasteiger partial charge in [0.1, 0.15) is 12.1 Å². The van der Waals surface area contributed by atoms with Gasteiger partial charge in [0, 0.05) is 11.8 Å². The van der Waals surface area contributed by atoms with E-state index >= 15 is 0 Å². The number of rotatable bonds is 1. The summed E-state index contributed by atoms with van der Waals surface area (Å²) in [5.41, 5.74) is 10.1. The number of hydrogen-bond donors (Lipinski definition) is 1. The fourth-order valence-corrected chi connectivity index (χ4v) is 3.12. The van der Waals surface area contributed by atoms with E-state index in [0.717, 1.165) is 46.4 Å². The van der Waals surface area contributed by atoms with E-state index in [4.69, 9.17) is 5.73 Å². The lowest BCUT2D eigenvalue weighted by molar-refractivity contribution is 0.0971. The second kappa shape index (κ2) is 4.62. The maximum atomic E-state index is 12.1. The second-order valence-corrected chi connectivity index (χ2v) is 5.56. The number of nitrogens with two attached hydrogens (primary N) is 1. The highest BCUT2D eigenvalue weighted by Gasteiger charge is 2.25. The molecule has 2 heterocycles.